The van der Waals surface area contributed by atoms with E-state index >= 15 is 0 Å². The number of allylic oxidation sites excluding steroid dienone is 2. The predicted octanol–water partition coefficient (Wildman–Crippen LogP) is 4.25. The molecule has 0 atom stereocenters. The van der Waals surface area contributed by atoms with Crippen molar-refractivity contribution in [2.75, 3.05) is 0 Å². The Hall–Kier alpha value is -2.62. The van der Waals surface area contributed by atoms with E-state index in [2.05, 4.69) is 4.98 Å². The maximum atomic E-state index is 13.3. The molecular weight excluding hydrogens is 305 g/mol. The normalized spacial score (nSPS) is 14.1. The van der Waals surface area contributed by atoms with E-state index in [0.29, 0.717) is 40.0 Å². The molecule has 3 nitrogen and oxygen atoms in total. The molecule has 1 aromatic heterocycles. The average Bonchev–Trinajstić information content (AvgIpc) is 2.57. The van der Waals surface area contributed by atoms with Gasteiger partial charge >= 0.3 is 0 Å². The highest BCUT2D eigenvalue weighted by Gasteiger charge is 2.31. The predicted molar refractivity (Wildman–Crippen MR) is 89.7 cm³/mol. The lowest BCUT2D eigenvalue weighted by atomic mass is 9.80. The standard InChI is InChI=1S/C20H18FNO2/c1-3-6-14-17(10-18-12(2)9-13(21)11-22-18)20(24)16-8-5-4-7-15(16)19(14)23/h4-5,7-9,11H,3,6,10H2,1-2H3. The Morgan fingerprint density at radius 2 is 1.67 bits per heavy atom. The van der Waals surface area contributed by atoms with Crippen LogP contribution in [0.15, 0.2) is 47.7 Å². The number of ketones is 2. The Morgan fingerprint density at radius 1 is 1.04 bits per heavy atom. The minimum atomic E-state index is -0.407. The molecule has 24 heavy (non-hydrogen) atoms. The van der Waals surface area contributed by atoms with Crippen LogP contribution in [0.5, 0.6) is 0 Å². The summed E-state index contributed by atoms with van der Waals surface area (Å²) in [4.78, 5) is 29.8. The van der Waals surface area contributed by atoms with Gasteiger partial charge in [0.25, 0.3) is 0 Å². The number of aryl methyl sites for hydroxylation is 1. The smallest absolute Gasteiger partial charge is 0.190 e. The van der Waals surface area contributed by atoms with Gasteiger partial charge in [-0.2, -0.15) is 0 Å². The van der Waals surface area contributed by atoms with Gasteiger partial charge in [0.1, 0.15) is 5.82 Å². The largest absolute Gasteiger partial charge is 0.289 e. The lowest BCUT2D eigenvalue weighted by Crippen LogP contribution is -2.23. The lowest BCUT2D eigenvalue weighted by molar-refractivity contribution is 0.0969. The Morgan fingerprint density at radius 3 is 2.25 bits per heavy atom. The van der Waals surface area contributed by atoms with E-state index in [1.807, 2.05) is 6.92 Å². The minimum Gasteiger partial charge on any atom is -0.289 e. The highest BCUT2D eigenvalue weighted by molar-refractivity contribution is 6.27. The maximum Gasteiger partial charge on any atom is 0.190 e. The molecule has 1 aliphatic rings. The summed E-state index contributed by atoms with van der Waals surface area (Å²) in [6, 6.07) is 8.30. The summed E-state index contributed by atoms with van der Waals surface area (Å²) in [6.07, 6.45) is 2.72. The Labute approximate surface area is 140 Å². The van der Waals surface area contributed by atoms with Crippen molar-refractivity contribution in [3.05, 3.63) is 75.9 Å². The summed E-state index contributed by atoms with van der Waals surface area (Å²) in [7, 11) is 0. The van der Waals surface area contributed by atoms with Crippen molar-refractivity contribution in [3.63, 3.8) is 0 Å². The van der Waals surface area contributed by atoms with Crippen LogP contribution in [0.3, 0.4) is 0 Å². The summed E-state index contributed by atoms with van der Waals surface area (Å²) < 4.78 is 13.3. The number of pyridine rings is 1. The number of hydrogen-bond acceptors (Lipinski definition) is 3. The molecule has 4 heteroatoms. The number of halogens is 1. The number of carbonyl (C=O) groups excluding carboxylic acids is 2. The topological polar surface area (TPSA) is 47.0 Å². The van der Waals surface area contributed by atoms with Gasteiger partial charge in [-0.25, -0.2) is 4.39 Å². The van der Waals surface area contributed by atoms with Gasteiger partial charge in [0.05, 0.1) is 6.20 Å². The van der Waals surface area contributed by atoms with Crippen LogP contribution < -0.4 is 0 Å². The Bertz CT molecular complexity index is 868. The Kier molecular flexibility index (Phi) is 4.38. The monoisotopic (exact) mass is 323 g/mol. The molecule has 0 unspecified atom stereocenters. The van der Waals surface area contributed by atoms with Crippen LogP contribution >= 0.6 is 0 Å². The molecular formula is C20H18FNO2. The van der Waals surface area contributed by atoms with E-state index in [1.54, 1.807) is 31.2 Å². The van der Waals surface area contributed by atoms with Gasteiger partial charge in [0, 0.05) is 34.4 Å². The van der Waals surface area contributed by atoms with Gasteiger partial charge in [-0.1, -0.05) is 37.6 Å². The number of benzene rings is 1. The van der Waals surface area contributed by atoms with Gasteiger partial charge in [0.15, 0.2) is 11.6 Å². The number of aromatic nitrogens is 1. The molecule has 1 aromatic carbocycles. The summed E-state index contributed by atoms with van der Waals surface area (Å²) >= 11 is 0. The van der Waals surface area contributed by atoms with Gasteiger partial charge < -0.3 is 0 Å². The molecule has 3 rings (SSSR count). The first-order chi connectivity index (χ1) is 11.5. The average molecular weight is 323 g/mol. The molecule has 0 spiro atoms. The zero-order valence-corrected chi connectivity index (χ0v) is 13.7. The molecule has 0 saturated carbocycles. The number of Topliss-reactive ketones (excluding diaryl/α,β-unsaturated/α-hetero) is 2. The zero-order chi connectivity index (χ0) is 17.3. The fraction of sp³-hybridized carbons (Fsp3) is 0.250. The molecule has 122 valence electrons. The van der Waals surface area contributed by atoms with Crippen LogP contribution in [0.4, 0.5) is 4.39 Å². The van der Waals surface area contributed by atoms with Crippen molar-refractivity contribution in [2.24, 2.45) is 0 Å². The van der Waals surface area contributed by atoms with Crippen molar-refractivity contribution >= 4 is 11.6 Å². The fourth-order valence-corrected chi connectivity index (χ4v) is 3.10. The van der Waals surface area contributed by atoms with Gasteiger partial charge in [-0.05, 0) is 25.0 Å². The van der Waals surface area contributed by atoms with Gasteiger partial charge in [-0.3, -0.25) is 14.6 Å². The second-order valence-electron chi connectivity index (χ2n) is 6.00. The lowest BCUT2D eigenvalue weighted by Gasteiger charge is -2.21. The Balaban J connectivity index is 2.10. The summed E-state index contributed by atoms with van der Waals surface area (Å²) in [5, 5.41) is 0. The molecule has 0 radical (unpaired) electrons. The molecule has 0 fully saturated rings. The number of nitrogens with zero attached hydrogens (tertiary/aromatic N) is 1. The second kappa shape index (κ2) is 6.48. The third-order valence-electron chi connectivity index (χ3n) is 4.33. The van der Waals surface area contributed by atoms with Crippen LogP contribution in [-0.2, 0) is 6.42 Å². The minimum absolute atomic E-state index is 0.0817. The summed E-state index contributed by atoms with van der Waals surface area (Å²) in [5.41, 5.74) is 3.27. The molecule has 0 bridgehead atoms. The van der Waals surface area contributed by atoms with Crippen molar-refractivity contribution in [3.8, 4) is 0 Å². The quantitative estimate of drug-likeness (QED) is 0.845. The zero-order valence-electron chi connectivity index (χ0n) is 13.7. The van der Waals surface area contributed by atoms with Crippen LogP contribution in [-0.4, -0.2) is 16.6 Å². The maximum absolute atomic E-state index is 13.3. The molecule has 1 heterocycles. The van der Waals surface area contributed by atoms with E-state index in [1.165, 1.54) is 6.07 Å². The number of hydrogen-bond donors (Lipinski definition) is 0. The summed E-state index contributed by atoms with van der Waals surface area (Å²) in [6.45, 7) is 3.73. The fourth-order valence-electron chi connectivity index (χ4n) is 3.10. The SMILES string of the molecule is CCCC1=C(Cc2ncc(F)cc2C)C(=O)c2ccccc2C1=O. The molecule has 0 aliphatic heterocycles. The molecule has 1 aliphatic carbocycles. The van der Waals surface area contributed by atoms with Gasteiger partial charge in [-0.15, -0.1) is 0 Å². The van der Waals surface area contributed by atoms with E-state index in [4.69, 9.17) is 0 Å². The van der Waals surface area contributed by atoms with Crippen molar-refractivity contribution < 1.29 is 14.0 Å². The van der Waals surface area contributed by atoms with Crippen LogP contribution in [0.2, 0.25) is 0 Å². The molecule has 0 N–H and O–H groups in total. The molecule has 0 saturated heterocycles. The van der Waals surface area contributed by atoms with Crippen LogP contribution in [0.25, 0.3) is 0 Å². The van der Waals surface area contributed by atoms with Crippen LogP contribution in [0.1, 0.15) is 51.7 Å². The van der Waals surface area contributed by atoms with E-state index < -0.39 is 5.82 Å². The third kappa shape index (κ3) is 2.80. The van der Waals surface area contributed by atoms with E-state index in [0.717, 1.165) is 12.6 Å². The number of rotatable bonds is 4. The second-order valence-corrected chi connectivity index (χ2v) is 6.00. The first-order valence-corrected chi connectivity index (χ1v) is 8.04. The van der Waals surface area contributed by atoms with Gasteiger partial charge in [0.2, 0.25) is 0 Å². The number of fused-ring (bicyclic) bond motifs is 1. The van der Waals surface area contributed by atoms with Crippen molar-refractivity contribution in [1.82, 2.24) is 4.98 Å². The van der Waals surface area contributed by atoms with E-state index in [-0.39, 0.29) is 18.0 Å². The molecule has 2 aromatic rings. The summed E-state index contributed by atoms with van der Waals surface area (Å²) in [5.74, 6) is -0.614. The van der Waals surface area contributed by atoms with E-state index in [9.17, 15) is 14.0 Å². The highest BCUT2D eigenvalue weighted by atomic mass is 19.1. The van der Waals surface area contributed by atoms with Crippen LogP contribution in [0, 0.1) is 12.7 Å². The van der Waals surface area contributed by atoms with Crippen molar-refractivity contribution in [1.29, 1.82) is 0 Å². The third-order valence-corrected chi connectivity index (χ3v) is 4.33. The first kappa shape index (κ1) is 16.2. The van der Waals surface area contributed by atoms with Crippen molar-refractivity contribution in [2.45, 2.75) is 33.1 Å². The molecule has 0 amide bonds. The highest BCUT2D eigenvalue weighted by Crippen LogP contribution is 2.31. The number of carbonyl (C=O) groups is 2. The first-order valence-electron chi connectivity index (χ1n) is 8.04.